The predicted molar refractivity (Wildman–Crippen MR) is 62.3 cm³/mol. The summed E-state index contributed by atoms with van der Waals surface area (Å²) < 4.78 is 31.0. The van der Waals surface area contributed by atoms with Gasteiger partial charge in [0.05, 0.1) is 12.6 Å². The summed E-state index contributed by atoms with van der Waals surface area (Å²) in [5, 5.41) is 0. The van der Waals surface area contributed by atoms with Crippen molar-refractivity contribution in [2.75, 3.05) is 20.3 Å². The van der Waals surface area contributed by atoms with Crippen LogP contribution >= 0.6 is 0 Å². The molecule has 0 aromatic heterocycles. The zero-order chi connectivity index (χ0) is 13.1. The van der Waals surface area contributed by atoms with Crippen LogP contribution in [0.1, 0.15) is 23.2 Å². The number of halogens is 2. The van der Waals surface area contributed by atoms with Crippen molar-refractivity contribution >= 4 is 5.91 Å². The third-order valence-electron chi connectivity index (χ3n) is 3.16. The highest BCUT2D eigenvalue weighted by Crippen LogP contribution is 2.21. The van der Waals surface area contributed by atoms with E-state index in [-0.39, 0.29) is 17.5 Å². The minimum atomic E-state index is -0.997. The van der Waals surface area contributed by atoms with Gasteiger partial charge in [-0.05, 0) is 31.0 Å². The molecule has 2 rings (SSSR count). The Labute approximate surface area is 104 Å². The maximum atomic E-state index is 13.1. The van der Waals surface area contributed by atoms with E-state index < -0.39 is 11.6 Å². The van der Waals surface area contributed by atoms with Crippen LogP contribution in [0.3, 0.4) is 0 Å². The zero-order valence-electron chi connectivity index (χ0n) is 10.2. The van der Waals surface area contributed by atoms with Gasteiger partial charge < -0.3 is 9.64 Å². The van der Waals surface area contributed by atoms with Gasteiger partial charge in [-0.25, -0.2) is 8.78 Å². The molecule has 1 fully saturated rings. The first-order chi connectivity index (χ1) is 8.63. The predicted octanol–water partition coefficient (Wildman–Crippen LogP) is 2.22. The molecule has 3 nitrogen and oxygen atoms in total. The molecule has 0 bridgehead atoms. The molecule has 98 valence electrons. The van der Waals surface area contributed by atoms with Crippen LogP contribution in [-0.4, -0.2) is 37.1 Å². The number of hydrogen-bond donors (Lipinski definition) is 0. The monoisotopic (exact) mass is 255 g/mol. The first-order valence-corrected chi connectivity index (χ1v) is 5.88. The van der Waals surface area contributed by atoms with Crippen LogP contribution in [0, 0.1) is 11.6 Å². The van der Waals surface area contributed by atoms with Crippen molar-refractivity contribution in [2.45, 2.75) is 18.9 Å². The van der Waals surface area contributed by atoms with E-state index in [1.54, 1.807) is 12.0 Å². The molecule has 5 heteroatoms. The van der Waals surface area contributed by atoms with Gasteiger partial charge in [0.1, 0.15) is 0 Å². The van der Waals surface area contributed by atoms with E-state index in [1.807, 2.05) is 0 Å². The van der Waals surface area contributed by atoms with Gasteiger partial charge in [0.15, 0.2) is 11.6 Å². The molecule has 1 aliphatic rings. The van der Waals surface area contributed by atoms with Crippen LogP contribution in [0.2, 0.25) is 0 Å². The Morgan fingerprint density at radius 1 is 1.44 bits per heavy atom. The number of carbonyl (C=O) groups is 1. The number of hydrogen-bond acceptors (Lipinski definition) is 2. The number of nitrogens with zero attached hydrogens (tertiary/aromatic N) is 1. The second-order valence-corrected chi connectivity index (χ2v) is 4.38. The number of likely N-dealkylation sites (tertiary alicyclic amines) is 1. The number of benzene rings is 1. The molecule has 1 aromatic rings. The summed E-state index contributed by atoms with van der Waals surface area (Å²) in [5.74, 6) is -2.21. The second-order valence-electron chi connectivity index (χ2n) is 4.38. The van der Waals surface area contributed by atoms with E-state index >= 15 is 0 Å². The fraction of sp³-hybridized carbons (Fsp3) is 0.462. The average Bonchev–Trinajstić information content (AvgIpc) is 2.80. The van der Waals surface area contributed by atoms with Gasteiger partial charge >= 0.3 is 0 Å². The topological polar surface area (TPSA) is 29.5 Å². The molecule has 0 saturated carbocycles. The van der Waals surface area contributed by atoms with Gasteiger partial charge in [0, 0.05) is 19.2 Å². The lowest BCUT2D eigenvalue weighted by atomic mass is 10.1. The van der Waals surface area contributed by atoms with Crippen LogP contribution in [0.5, 0.6) is 0 Å². The molecule has 1 amide bonds. The molecule has 0 aliphatic carbocycles. The van der Waals surface area contributed by atoms with Crippen LogP contribution in [0.15, 0.2) is 18.2 Å². The van der Waals surface area contributed by atoms with Gasteiger partial charge in [0.2, 0.25) is 0 Å². The highest BCUT2D eigenvalue weighted by atomic mass is 19.2. The van der Waals surface area contributed by atoms with E-state index in [0.717, 1.165) is 25.0 Å². The molecule has 1 saturated heterocycles. The van der Waals surface area contributed by atoms with Crippen molar-refractivity contribution in [1.29, 1.82) is 0 Å². The lowest BCUT2D eigenvalue weighted by Gasteiger charge is -2.24. The molecule has 0 N–H and O–H groups in total. The number of amides is 1. The lowest BCUT2D eigenvalue weighted by Crippen LogP contribution is -2.38. The van der Waals surface area contributed by atoms with Crippen molar-refractivity contribution in [1.82, 2.24) is 4.90 Å². The Bertz CT molecular complexity index is 451. The maximum absolute atomic E-state index is 13.1. The molecule has 18 heavy (non-hydrogen) atoms. The van der Waals surface area contributed by atoms with Gasteiger partial charge in [0.25, 0.3) is 5.91 Å². The van der Waals surface area contributed by atoms with E-state index in [2.05, 4.69) is 0 Å². The highest BCUT2D eigenvalue weighted by molar-refractivity contribution is 5.94. The Hall–Kier alpha value is -1.49. The van der Waals surface area contributed by atoms with E-state index in [0.29, 0.717) is 13.2 Å². The lowest BCUT2D eigenvalue weighted by molar-refractivity contribution is 0.0630. The Kier molecular flexibility index (Phi) is 3.91. The first-order valence-electron chi connectivity index (χ1n) is 5.88. The normalized spacial score (nSPS) is 19.3. The summed E-state index contributed by atoms with van der Waals surface area (Å²) in [5.41, 5.74) is 0.178. The average molecular weight is 255 g/mol. The van der Waals surface area contributed by atoms with Gasteiger partial charge in [-0.3, -0.25) is 4.79 Å². The fourth-order valence-electron chi connectivity index (χ4n) is 2.26. The second kappa shape index (κ2) is 5.44. The zero-order valence-corrected chi connectivity index (χ0v) is 10.2. The molecule has 1 atom stereocenters. The van der Waals surface area contributed by atoms with Gasteiger partial charge in [-0.2, -0.15) is 0 Å². The van der Waals surface area contributed by atoms with Crippen LogP contribution in [0.25, 0.3) is 0 Å². The summed E-state index contributed by atoms with van der Waals surface area (Å²) in [7, 11) is 1.58. The number of carbonyl (C=O) groups excluding carboxylic acids is 1. The number of rotatable bonds is 3. The summed E-state index contributed by atoms with van der Waals surface area (Å²) in [6, 6.07) is 3.25. The molecule has 1 unspecified atom stereocenters. The van der Waals surface area contributed by atoms with Crippen molar-refractivity contribution in [2.24, 2.45) is 0 Å². The Balaban J connectivity index is 2.17. The molecule has 1 heterocycles. The van der Waals surface area contributed by atoms with Gasteiger partial charge in [-0.1, -0.05) is 0 Å². The minimum Gasteiger partial charge on any atom is -0.383 e. The third-order valence-corrected chi connectivity index (χ3v) is 3.16. The van der Waals surface area contributed by atoms with E-state index in [9.17, 15) is 13.6 Å². The smallest absolute Gasteiger partial charge is 0.254 e. The summed E-state index contributed by atoms with van der Waals surface area (Å²) in [6.45, 7) is 1.10. The number of ether oxygens (including phenoxy) is 1. The molecular formula is C13H15F2NO2. The Morgan fingerprint density at radius 2 is 2.22 bits per heavy atom. The summed E-state index contributed by atoms with van der Waals surface area (Å²) >= 11 is 0. The minimum absolute atomic E-state index is 0.0237. The first kappa shape index (κ1) is 13.0. The standard InChI is InChI=1S/C13H15F2NO2/c1-18-8-10-3-2-6-16(10)13(17)9-4-5-11(14)12(15)7-9/h4-5,7,10H,2-3,6,8H2,1H3. The molecule has 0 radical (unpaired) electrons. The largest absolute Gasteiger partial charge is 0.383 e. The highest BCUT2D eigenvalue weighted by Gasteiger charge is 2.29. The third kappa shape index (κ3) is 2.51. The van der Waals surface area contributed by atoms with Crippen molar-refractivity contribution in [3.05, 3.63) is 35.4 Å². The molecule has 0 spiro atoms. The molecule has 1 aromatic carbocycles. The fourth-order valence-corrected chi connectivity index (χ4v) is 2.26. The summed E-state index contributed by atoms with van der Waals surface area (Å²) in [6.07, 6.45) is 1.78. The molecule has 1 aliphatic heterocycles. The summed E-state index contributed by atoms with van der Waals surface area (Å²) in [4.78, 5) is 13.8. The van der Waals surface area contributed by atoms with Gasteiger partial charge in [-0.15, -0.1) is 0 Å². The van der Waals surface area contributed by atoms with E-state index in [4.69, 9.17) is 4.74 Å². The Morgan fingerprint density at radius 3 is 2.89 bits per heavy atom. The van der Waals surface area contributed by atoms with Crippen LogP contribution in [-0.2, 0) is 4.74 Å². The van der Waals surface area contributed by atoms with Crippen LogP contribution < -0.4 is 0 Å². The van der Waals surface area contributed by atoms with Crippen molar-refractivity contribution in [3.63, 3.8) is 0 Å². The van der Waals surface area contributed by atoms with Crippen LogP contribution in [0.4, 0.5) is 8.78 Å². The van der Waals surface area contributed by atoms with E-state index in [1.165, 1.54) is 6.07 Å². The molecular weight excluding hydrogens is 240 g/mol. The van der Waals surface area contributed by atoms with Crippen molar-refractivity contribution in [3.8, 4) is 0 Å². The quantitative estimate of drug-likeness (QED) is 0.828. The maximum Gasteiger partial charge on any atom is 0.254 e. The van der Waals surface area contributed by atoms with Crippen molar-refractivity contribution < 1.29 is 18.3 Å². The SMILES string of the molecule is COCC1CCCN1C(=O)c1ccc(F)c(F)c1. The number of methoxy groups -OCH3 is 1.